The van der Waals surface area contributed by atoms with E-state index < -0.39 is 23.9 Å². The highest BCUT2D eigenvalue weighted by molar-refractivity contribution is 6.30. The van der Waals surface area contributed by atoms with Gasteiger partial charge in [-0.05, 0) is 43.2 Å². The molecule has 0 aliphatic rings. The van der Waals surface area contributed by atoms with E-state index in [2.05, 4.69) is 16.2 Å². The first-order chi connectivity index (χ1) is 14.4. The van der Waals surface area contributed by atoms with Gasteiger partial charge in [0.05, 0.1) is 6.61 Å². The van der Waals surface area contributed by atoms with Crippen molar-refractivity contribution in [2.45, 2.75) is 26.3 Å². The lowest BCUT2D eigenvalue weighted by atomic mass is 10.1. The van der Waals surface area contributed by atoms with Gasteiger partial charge in [0.2, 0.25) is 0 Å². The summed E-state index contributed by atoms with van der Waals surface area (Å²) in [5, 5.41) is 3.06. The number of hydrogen-bond donors (Lipinski definition) is 3. The molecule has 2 rings (SSSR count). The first kappa shape index (κ1) is 23.0. The quantitative estimate of drug-likeness (QED) is 0.438. The number of aryl methyl sites for hydroxylation is 1. The van der Waals surface area contributed by atoms with Crippen LogP contribution in [0.5, 0.6) is 5.75 Å². The van der Waals surface area contributed by atoms with Crippen molar-refractivity contribution in [3.63, 3.8) is 0 Å². The molecule has 3 amide bonds. The number of hydrogen-bond acceptors (Lipinski definition) is 5. The zero-order valence-electron chi connectivity index (χ0n) is 16.7. The predicted molar refractivity (Wildman–Crippen MR) is 112 cm³/mol. The van der Waals surface area contributed by atoms with Crippen molar-refractivity contribution in [2.75, 3.05) is 13.2 Å². The van der Waals surface area contributed by atoms with Gasteiger partial charge in [-0.2, -0.15) is 0 Å². The summed E-state index contributed by atoms with van der Waals surface area (Å²) in [5.41, 5.74) is 6.05. The van der Waals surface area contributed by atoms with Crippen molar-refractivity contribution in [3.05, 3.63) is 64.7 Å². The molecular formula is C21H24ClN3O5. The van der Waals surface area contributed by atoms with E-state index in [1.165, 1.54) is 0 Å². The van der Waals surface area contributed by atoms with E-state index in [1.807, 2.05) is 30.3 Å². The molecule has 3 N–H and O–H groups in total. The molecule has 0 fully saturated rings. The lowest BCUT2D eigenvalue weighted by molar-refractivity contribution is -0.145. The average Bonchev–Trinajstić information content (AvgIpc) is 2.72. The molecule has 0 bridgehead atoms. The smallest absolute Gasteiger partial charge is 0.334 e. The van der Waals surface area contributed by atoms with Gasteiger partial charge in [0.1, 0.15) is 11.8 Å². The summed E-state index contributed by atoms with van der Waals surface area (Å²) in [7, 11) is 0. The minimum Gasteiger partial charge on any atom is -0.483 e. The molecule has 9 heteroatoms. The van der Waals surface area contributed by atoms with Crippen LogP contribution in [-0.4, -0.2) is 37.2 Å². The standard InChI is InChI=1S/C21H24ClN3O5/c1-3-29-20(27)17(12-15-7-5-4-6-8-15)23-21(28)25-24-19(26)13-30-18-10-9-16(22)11-14(18)2/h4-11,17H,3,12-13H2,1-2H3,(H,24,26)(H2,23,25,28)/t17-/m1/s1. The largest absolute Gasteiger partial charge is 0.483 e. The first-order valence-electron chi connectivity index (χ1n) is 9.34. The van der Waals surface area contributed by atoms with Gasteiger partial charge in [0, 0.05) is 11.4 Å². The second-order valence-electron chi connectivity index (χ2n) is 6.34. The molecule has 8 nitrogen and oxygen atoms in total. The molecule has 0 aliphatic heterocycles. The van der Waals surface area contributed by atoms with E-state index in [0.29, 0.717) is 10.8 Å². The first-order valence-corrected chi connectivity index (χ1v) is 9.71. The third-order valence-electron chi connectivity index (χ3n) is 3.97. The number of urea groups is 1. The van der Waals surface area contributed by atoms with Gasteiger partial charge in [0.15, 0.2) is 6.61 Å². The molecule has 2 aromatic carbocycles. The van der Waals surface area contributed by atoms with Crippen LogP contribution in [-0.2, 0) is 20.7 Å². The second-order valence-corrected chi connectivity index (χ2v) is 6.78. The number of esters is 1. The summed E-state index contributed by atoms with van der Waals surface area (Å²) in [4.78, 5) is 36.2. The van der Waals surface area contributed by atoms with Gasteiger partial charge in [-0.25, -0.2) is 15.0 Å². The monoisotopic (exact) mass is 433 g/mol. The lowest BCUT2D eigenvalue weighted by Crippen LogP contribution is -2.53. The Balaban J connectivity index is 1.83. The fourth-order valence-electron chi connectivity index (χ4n) is 2.56. The van der Waals surface area contributed by atoms with Crippen LogP contribution in [0.1, 0.15) is 18.1 Å². The Kier molecular flexibility index (Phi) is 8.96. The molecule has 0 spiro atoms. The Labute approximate surface area is 179 Å². The predicted octanol–water partition coefficient (Wildman–Crippen LogP) is 2.53. The molecule has 0 radical (unpaired) electrons. The van der Waals surface area contributed by atoms with Crippen molar-refractivity contribution in [2.24, 2.45) is 0 Å². The number of nitrogens with one attached hydrogen (secondary N) is 3. The third kappa shape index (κ3) is 7.63. The maximum Gasteiger partial charge on any atom is 0.334 e. The molecule has 30 heavy (non-hydrogen) atoms. The molecule has 160 valence electrons. The number of carbonyl (C=O) groups excluding carboxylic acids is 3. The summed E-state index contributed by atoms with van der Waals surface area (Å²) in [5.74, 6) is -0.635. The number of carbonyl (C=O) groups is 3. The fourth-order valence-corrected chi connectivity index (χ4v) is 2.79. The third-order valence-corrected chi connectivity index (χ3v) is 4.21. The second kappa shape index (κ2) is 11.7. The van der Waals surface area contributed by atoms with Crippen LogP contribution in [0.25, 0.3) is 0 Å². The van der Waals surface area contributed by atoms with Crippen LogP contribution in [0.3, 0.4) is 0 Å². The summed E-state index contributed by atoms with van der Waals surface area (Å²) in [6.45, 7) is 3.35. The van der Waals surface area contributed by atoms with E-state index in [-0.39, 0.29) is 19.6 Å². The summed E-state index contributed by atoms with van der Waals surface area (Å²) >= 11 is 5.88. The Morgan fingerprint density at radius 2 is 1.80 bits per heavy atom. The Hall–Kier alpha value is -3.26. The Morgan fingerprint density at radius 1 is 1.07 bits per heavy atom. The molecular weight excluding hydrogens is 410 g/mol. The molecule has 1 atom stereocenters. The molecule has 2 aromatic rings. The van der Waals surface area contributed by atoms with Crippen molar-refractivity contribution < 1.29 is 23.9 Å². The molecule has 0 aliphatic carbocycles. The van der Waals surface area contributed by atoms with Crippen molar-refractivity contribution >= 4 is 29.5 Å². The highest BCUT2D eigenvalue weighted by Gasteiger charge is 2.22. The number of rotatable bonds is 8. The summed E-state index contributed by atoms with van der Waals surface area (Å²) in [6, 6.07) is 12.6. The zero-order valence-corrected chi connectivity index (χ0v) is 17.5. The topological polar surface area (TPSA) is 106 Å². The van der Waals surface area contributed by atoms with Crippen molar-refractivity contribution in [3.8, 4) is 5.75 Å². The van der Waals surface area contributed by atoms with E-state index in [0.717, 1.165) is 11.1 Å². The van der Waals surface area contributed by atoms with Gasteiger partial charge in [-0.1, -0.05) is 41.9 Å². The maximum absolute atomic E-state index is 12.2. The SMILES string of the molecule is CCOC(=O)[C@@H](Cc1ccccc1)NC(=O)NNC(=O)COc1ccc(Cl)cc1C. The number of halogens is 1. The van der Waals surface area contributed by atoms with Crippen LogP contribution in [0.15, 0.2) is 48.5 Å². The van der Waals surface area contributed by atoms with Crippen molar-refractivity contribution in [1.82, 2.24) is 16.2 Å². The van der Waals surface area contributed by atoms with Gasteiger partial charge in [0.25, 0.3) is 5.91 Å². The van der Waals surface area contributed by atoms with Gasteiger partial charge >= 0.3 is 12.0 Å². The fraction of sp³-hybridized carbons (Fsp3) is 0.286. The minimum absolute atomic E-state index is 0.186. The van der Waals surface area contributed by atoms with Crippen LogP contribution < -0.4 is 20.9 Å². The van der Waals surface area contributed by atoms with E-state index in [4.69, 9.17) is 21.1 Å². The minimum atomic E-state index is -0.905. The van der Waals surface area contributed by atoms with Gasteiger partial charge < -0.3 is 14.8 Å². The normalized spacial score (nSPS) is 11.2. The number of amides is 3. The lowest BCUT2D eigenvalue weighted by Gasteiger charge is -2.18. The highest BCUT2D eigenvalue weighted by atomic mass is 35.5. The van der Waals surface area contributed by atoms with E-state index in [9.17, 15) is 14.4 Å². The van der Waals surface area contributed by atoms with E-state index >= 15 is 0 Å². The number of hydrazine groups is 1. The van der Waals surface area contributed by atoms with Gasteiger partial charge in [-0.15, -0.1) is 0 Å². The Bertz CT molecular complexity index is 876. The maximum atomic E-state index is 12.2. The van der Waals surface area contributed by atoms with Gasteiger partial charge in [-0.3, -0.25) is 10.2 Å². The summed E-state index contributed by atoms with van der Waals surface area (Å²) in [6.07, 6.45) is 0.250. The van der Waals surface area contributed by atoms with Crippen LogP contribution in [0, 0.1) is 6.92 Å². The van der Waals surface area contributed by atoms with Crippen LogP contribution in [0.2, 0.25) is 5.02 Å². The van der Waals surface area contributed by atoms with E-state index in [1.54, 1.807) is 32.0 Å². The summed E-state index contributed by atoms with van der Waals surface area (Å²) < 4.78 is 10.4. The zero-order chi connectivity index (χ0) is 21.9. The average molecular weight is 434 g/mol. The molecule has 0 saturated carbocycles. The molecule has 0 heterocycles. The number of ether oxygens (including phenoxy) is 2. The molecule has 0 aromatic heterocycles. The van der Waals surface area contributed by atoms with Crippen LogP contribution >= 0.6 is 11.6 Å². The molecule has 0 saturated heterocycles. The molecule has 0 unspecified atom stereocenters. The Morgan fingerprint density at radius 3 is 2.47 bits per heavy atom. The number of benzene rings is 2. The van der Waals surface area contributed by atoms with Crippen LogP contribution in [0.4, 0.5) is 4.79 Å². The highest BCUT2D eigenvalue weighted by Crippen LogP contribution is 2.21. The van der Waals surface area contributed by atoms with Crippen molar-refractivity contribution in [1.29, 1.82) is 0 Å².